The van der Waals surface area contributed by atoms with Crippen LogP contribution in [0.5, 0.6) is 0 Å². The number of rotatable bonds is 15. The highest BCUT2D eigenvalue weighted by atomic mass is 19.4. The number of amides is 2. The van der Waals surface area contributed by atoms with Crippen LogP contribution < -0.4 is 5.32 Å². The molecule has 216 valence electrons. The molecule has 0 spiro atoms. The molecule has 0 fully saturated rings. The van der Waals surface area contributed by atoms with Crippen LogP contribution >= 0.6 is 0 Å². The molecule has 2 amide bonds. The highest BCUT2D eigenvalue weighted by molar-refractivity contribution is 6.31. The lowest BCUT2D eigenvalue weighted by molar-refractivity contribution is -0.156. The Morgan fingerprint density at radius 1 is 0.800 bits per heavy atom. The third-order valence-corrected chi connectivity index (χ3v) is 6.12. The number of allylic oxidation sites excluding steroid dienone is 3. The Balaban J connectivity index is 1.83. The van der Waals surface area contributed by atoms with E-state index in [1.807, 2.05) is 6.08 Å². The predicted molar refractivity (Wildman–Crippen MR) is 149 cm³/mol. The predicted octanol–water partition coefficient (Wildman–Crippen LogP) is 7.51. The normalized spacial score (nSPS) is 11.7. The number of carbonyl (C=O) groups excluding carboxylic acids is 2. The van der Waals surface area contributed by atoms with Gasteiger partial charge in [-0.15, -0.1) is 0 Å². The Morgan fingerprint density at radius 3 is 1.85 bits per heavy atom. The zero-order valence-electron chi connectivity index (χ0n) is 22.8. The minimum atomic E-state index is -4.49. The molecule has 0 unspecified atom stereocenters. The number of nitrogens with one attached hydrogen (secondary N) is 1. The molecule has 2 aromatic rings. The van der Waals surface area contributed by atoms with Crippen molar-refractivity contribution >= 4 is 23.5 Å². The molecule has 0 aliphatic carbocycles. The van der Waals surface area contributed by atoms with Gasteiger partial charge < -0.3 is 15.3 Å². The van der Waals surface area contributed by atoms with Gasteiger partial charge in [-0.2, -0.15) is 13.2 Å². The second kappa shape index (κ2) is 16.9. The Kier molecular flexibility index (Phi) is 13.7. The number of hydrogen-bond acceptors (Lipinski definition) is 3. The first-order valence-electron chi connectivity index (χ1n) is 13.5. The van der Waals surface area contributed by atoms with E-state index in [0.717, 1.165) is 55.6 Å². The summed E-state index contributed by atoms with van der Waals surface area (Å²) >= 11 is 0. The molecule has 0 saturated heterocycles. The van der Waals surface area contributed by atoms with Gasteiger partial charge in [0.2, 0.25) is 5.91 Å². The van der Waals surface area contributed by atoms with Gasteiger partial charge in [0.15, 0.2) is 0 Å². The first kappa shape index (κ1) is 32.3. The molecule has 9 heteroatoms. The van der Waals surface area contributed by atoms with E-state index < -0.39 is 23.6 Å². The van der Waals surface area contributed by atoms with Gasteiger partial charge in [0.05, 0.1) is 5.56 Å². The van der Waals surface area contributed by atoms with Gasteiger partial charge in [-0.05, 0) is 73.6 Å². The van der Waals surface area contributed by atoms with E-state index >= 15 is 0 Å². The van der Waals surface area contributed by atoms with E-state index in [1.54, 1.807) is 24.3 Å². The van der Waals surface area contributed by atoms with E-state index in [2.05, 4.69) is 24.4 Å². The summed E-state index contributed by atoms with van der Waals surface area (Å²) in [5.41, 5.74) is 0.654. The molecule has 6 nitrogen and oxygen atoms in total. The minimum absolute atomic E-state index is 0.0746. The van der Waals surface area contributed by atoms with Crippen LogP contribution in [0.4, 0.5) is 18.9 Å². The molecule has 0 aliphatic rings. The van der Waals surface area contributed by atoms with Gasteiger partial charge >= 0.3 is 18.1 Å². The number of carboxylic acid groups (broad SMARTS) is 1. The fourth-order valence-corrected chi connectivity index (χ4v) is 3.90. The summed E-state index contributed by atoms with van der Waals surface area (Å²) in [6.45, 7) is 1.93. The molecule has 2 aromatic carbocycles. The van der Waals surface area contributed by atoms with Crippen molar-refractivity contribution in [2.24, 2.45) is 0 Å². The average molecular weight is 559 g/mol. The summed E-state index contributed by atoms with van der Waals surface area (Å²) in [6, 6.07) is 10.8. The average Bonchev–Trinajstić information content (AvgIpc) is 2.91. The van der Waals surface area contributed by atoms with Crippen LogP contribution in [0.25, 0.3) is 0 Å². The van der Waals surface area contributed by atoms with E-state index in [-0.39, 0.29) is 19.0 Å². The lowest BCUT2D eigenvalue weighted by Crippen LogP contribution is -2.35. The molecular formula is C31H37F3N2O4. The van der Waals surface area contributed by atoms with Crippen LogP contribution in [-0.4, -0.2) is 27.8 Å². The topological polar surface area (TPSA) is 86.7 Å². The molecule has 2 N–H and O–H groups in total. The second-order valence-electron chi connectivity index (χ2n) is 9.50. The monoisotopic (exact) mass is 558 g/mol. The van der Waals surface area contributed by atoms with Crippen LogP contribution in [0.2, 0.25) is 0 Å². The number of anilines is 1. The number of carbonyl (C=O) groups is 3. The third-order valence-electron chi connectivity index (χ3n) is 6.12. The molecule has 0 heterocycles. The Hall–Kier alpha value is -3.88. The standard InChI is InChI=1S/C31H37F3N2O4/c1-2-3-4-5-6-7-8-9-10-11-12-13-28(37)35-27-20-16-25(17-21-27)23-36(29(38)30(39)40)22-24-14-18-26(19-15-24)31(32,33)34/h5-6,12-21H,2-4,7-11,22-23H2,1H3,(H,35,37)(H,39,40)/b6-5-,13-12?. The van der Waals surface area contributed by atoms with E-state index in [4.69, 9.17) is 0 Å². The minimum Gasteiger partial charge on any atom is -0.474 e. The van der Waals surface area contributed by atoms with Crippen molar-refractivity contribution in [2.45, 2.75) is 77.6 Å². The molecule has 0 aromatic heterocycles. The number of aliphatic carboxylic acids is 1. The zero-order chi connectivity index (χ0) is 29.4. The van der Waals surface area contributed by atoms with Crippen molar-refractivity contribution in [1.82, 2.24) is 4.90 Å². The van der Waals surface area contributed by atoms with Crippen LogP contribution in [0, 0.1) is 0 Å². The van der Waals surface area contributed by atoms with Crippen molar-refractivity contribution in [3.63, 3.8) is 0 Å². The van der Waals surface area contributed by atoms with Crippen molar-refractivity contribution in [1.29, 1.82) is 0 Å². The third kappa shape index (κ3) is 12.3. The maximum atomic E-state index is 12.8. The van der Waals surface area contributed by atoms with Crippen LogP contribution in [0.15, 0.2) is 72.8 Å². The first-order valence-corrected chi connectivity index (χ1v) is 13.5. The number of hydrogen-bond donors (Lipinski definition) is 2. The van der Waals surface area contributed by atoms with Gasteiger partial charge in [0.1, 0.15) is 0 Å². The largest absolute Gasteiger partial charge is 0.474 e. The molecule has 0 radical (unpaired) electrons. The maximum Gasteiger partial charge on any atom is 0.416 e. The lowest BCUT2D eigenvalue weighted by Gasteiger charge is -2.21. The van der Waals surface area contributed by atoms with Crippen LogP contribution in [0.3, 0.4) is 0 Å². The molecule has 0 bridgehead atoms. The van der Waals surface area contributed by atoms with Crippen molar-refractivity contribution in [3.8, 4) is 0 Å². The number of alkyl halides is 3. The van der Waals surface area contributed by atoms with Crippen molar-refractivity contribution in [2.75, 3.05) is 5.32 Å². The van der Waals surface area contributed by atoms with E-state index in [0.29, 0.717) is 16.8 Å². The van der Waals surface area contributed by atoms with Crippen LogP contribution in [0.1, 0.15) is 75.0 Å². The SMILES string of the molecule is CCCC/C=C\CCCCCC=CC(=O)Nc1ccc(CN(Cc2ccc(C(F)(F)F)cc2)C(=O)C(=O)O)cc1. The number of carboxylic acids is 1. The number of halogens is 3. The maximum absolute atomic E-state index is 12.8. The summed E-state index contributed by atoms with van der Waals surface area (Å²) in [5, 5.41) is 11.9. The summed E-state index contributed by atoms with van der Waals surface area (Å²) in [7, 11) is 0. The van der Waals surface area contributed by atoms with E-state index in [1.165, 1.54) is 31.1 Å². The number of benzene rings is 2. The van der Waals surface area contributed by atoms with E-state index in [9.17, 15) is 32.7 Å². The summed E-state index contributed by atoms with van der Waals surface area (Å²) < 4.78 is 38.4. The lowest BCUT2D eigenvalue weighted by atomic mass is 10.1. The Morgan fingerprint density at radius 2 is 1.32 bits per heavy atom. The molecule has 2 rings (SSSR count). The van der Waals surface area contributed by atoms with Gasteiger partial charge in [-0.1, -0.05) is 68.7 Å². The fraction of sp³-hybridized carbons (Fsp3) is 0.387. The first-order chi connectivity index (χ1) is 19.1. The summed E-state index contributed by atoms with van der Waals surface area (Å²) in [5.74, 6) is -3.11. The highest BCUT2D eigenvalue weighted by Gasteiger charge is 2.30. The molecule has 40 heavy (non-hydrogen) atoms. The van der Waals surface area contributed by atoms with Gasteiger partial charge in [-0.3, -0.25) is 9.59 Å². The highest BCUT2D eigenvalue weighted by Crippen LogP contribution is 2.29. The fourth-order valence-electron chi connectivity index (χ4n) is 3.90. The molecule has 0 saturated carbocycles. The smallest absolute Gasteiger partial charge is 0.416 e. The Bertz CT molecular complexity index is 1140. The molecular weight excluding hydrogens is 521 g/mol. The Labute approximate surface area is 233 Å². The number of nitrogens with zero attached hydrogens (tertiary/aromatic N) is 1. The number of unbranched alkanes of at least 4 members (excludes halogenated alkanes) is 6. The van der Waals surface area contributed by atoms with Gasteiger partial charge in [-0.25, -0.2) is 4.79 Å². The van der Waals surface area contributed by atoms with Crippen molar-refractivity contribution < 1.29 is 32.7 Å². The van der Waals surface area contributed by atoms with Crippen LogP contribution in [-0.2, 0) is 33.6 Å². The van der Waals surface area contributed by atoms with Gasteiger partial charge in [0.25, 0.3) is 0 Å². The second-order valence-corrected chi connectivity index (χ2v) is 9.50. The zero-order valence-corrected chi connectivity index (χ0v) is 22.8. The van der Waals surface area contributed by atoms with Gasteiger partial charge in [0, 0.05) is 18.8 Å². The van der Waals surface area contributed by atoms with Crippen molar-refractivity contribution in [3.05, 3.63) is 89.5 Å². The quantitative estimate of drug-likeness (QED) is 0.103. The molecule has 0 aliphatic heterocycles. The summed E-state index contributed by atoms with van der Waals surface area (Å²) in [4.78, 5) is 36.7. The summed E-state index contributed by atoms with van der Waals surface area (Å²) in [6.07, 6.45) is 12.1. The molecule has 0 atom stereocenters.